The lowest BCUT2D eigenvalue weighted by atomic mass is 9.97. The number of hydrogen-bond acceptors (Lipinski definition) is 4. The van der Waals surface area contributed by atoms with Gasteiger partial charge in [-0.3, -0.25) is 9.48 Å². The quantitative estimate of drug-likeness (QED) is 0.781. The molecule has 0 aliphatic rings. The second-order valence-corrected chi connectivity index (χ2v) is 5.23. The molecule has 1 unspecified atom stereocenters. The first-order valence-corrected chi connectivity index (χ1v) is 6.83. The van der Waals surface area contributed by atoms with Gasteiger partial charge in [-0.1, -0.05) is 18.5 Å². The lowest BCUT2D eigenvalue weighted by Crippen LogP contribution is -2.51. The third kappa shape index (κ3) is 4.21. The van der Waals surface area contributed by atoms with E-state index in [4.69, 9.17) is 16.3 Å². The number of carbonyl (C=O) groups excluding carboxylic acids is 1. The fourth-order valence-corrected chi connectivity index (χ4v) is 1.99. The molecule has 0 bridgehead atoms. The highest BCUT2D eigenvalue weighted by Gasteiger charge is 2.33. The number of halogens is 1. The molecule has 19 heavy (non-hydrogen) atoms. The van der Waals surface area contributed by atoms with Gasteiger partial charge < -0.3 is 10.1 Å². The van der Waals surface area contributed by atoms with Crippen LogP contribution in [0.15, 0.2) is 6.20 Å². The van der Waals surface area contributed by atoms with Crippen molar-refractivity contribution in [2.45, 2.75) is 45.7 Å². The normalized spacial score (nSPS) is 14.2. The molecule has 5 nitrogen and oxygen atoms in total. The van der Waals surface area contributed by atoms with Crippen molar-refractivity contribution < 1.29 is 9.53 Å². The Kier molecular flexibility index (Phi) is 5.82. The Bertz CT molecular complexity index is 414. The van der Waals surface area contributed by atoms with Crippen molar-refractivity contribution >= 4 is 17.6 Å². The molecular weight excluding hydrogens is 266 g/mol. The van der Waals surface area contributed by atoms with Gasteiger partial charge in [0, 0.05) is 12.7 Å². The van der Waals surface area contributed by atoms with E-state index >= 15 is 0 Å². The average molecular weight is 288 g/mol. The molecule has 0 radical (unpaired) electrons. The van der Waals surface area contributed by atoms with E-state index in [2.05, 4.69) is 17.3 Å². The maximum atomic E-state index is 11.9. The van der Waals surface area contributed by atoms with Crippen LogP contribution in [-0.4, -0.2) is 34.9 Å². The Labute approximate surface area is 119 Å². The maximum Gasteiger partial charge on any atom is 0.325 e. The second-order valence-electron chi connectivity index (χ2n) is 4.83. The lowest BCUT2D eigenvalue weighted by Gasteiger charge is -2.27. The Morgan fingerprint density at radius 2 is 2.32 bits per heavy atom. The van der Waals surface area contributed by atoms with Crippen LogP contribution in [0.3, 0.4) is 0 Å². The van der Waals surface area contributed by atoms with Crippen LogP contribution >= 0.6 is 11.6 Å². The van der Waals surface area contributed by atoms with Crippen LogP contribution in [0.2, 0.25) is 5.02 Å². The van der Waals surface area contributed by atoms with E-state index in [0.717, 1.165) is 18.7 Å². The van der Waals surface area contributed by atoms with E-state index in [1.165, 1.54) is 7.11 Å². The molecule has 0 saturated heterocycles. The molecule has 1 heterocycles. The molecule has 1 N–H and O–H groups in total. The summed E-state index contributed by atoms with van der Waals surface area (Å²) in [6, 6.07) is 0. The monoisotopic (exact) mass is 287 g/mol. The number of nitrogens with one attached hydrogen (secondary N) is 1. The van der Waals surface area contributed by atoms with Crippen LogP contribution in [0.5, 0.6) is 0 Å². The molecule has 0 aromatic carbocycles. The van der Waals surface area contributed by atoms with Gasteiger partial charge in [-0.15, -0.1) is 0 Å². The second kappa shape index (κ2) is 6.91. The zero-order valence-electron chi connectivity index (χ0n) is 12.0. The summed E-state index contributed by atoms with van der Waals surface area (Å²) < 4.78 is 6.63. The third-order valence-corrected chi connectivity index (χ3v) is 3.50. The summed E-state index contributed by atoms with van der Waals surface area (Å²) in [5.74, 6) is -0.254. The van der Waals surface area contributed by atoms with E-state index in [1.807, 2.05) is 13.8 Å². The molecule has 0 aliphatic heterocycles. The van der Waals surface area contributed by atoms with Crippen LogP contribution in [0, 0.1) is 6.92 Å². The van der Waals surface area contributed by atoms with Crippen LogP contribution in [0.1, 0.15) is 32.4 Å². The SMILES string of the molecule is CCCNC(C)(CCn1cc(Cl)c(C)n1)C(=O)OC. The largest absolute Gasteiger partial charge is 0.468 e. The summed E-state index contributed by atoms with van der Waals surface area (Å²) in [5, 5.41) is 8.16. The van der Waals surface area contributed by atoms with E-state index in [9.17, 15) is 4.79 Å². The molecule has 1 aromatic rings. The van der Waals surface area contributed by atoms with Crippen LogP contribution < -0.4 is 5.32 Å². The number of ether oxygens (including phenoxy) is 1. The Morgan fingerprint density at radius 3 is 2.79 bits per heavy atom. The highest BCUT2D eigenvalue weighted by molar-refractivity contribution is 6.31. The highest BCUT2D eigenvalue weighted by Crippen LogP contribution is 2.16. The van der Waals surface area contributed by atoms with Gasteiger partial charge >= 0.3 is 5.97 Å². The van der Waals surface area contributed by atoms with Crippen molar-refractivity contribution in [3.8, 4) is 0 Å². The minimum atomic E-state index is -0.697. The number of methoxy groups -OCH3 is 1. The van der Waals surface area contributed by atoms with E-state index in [0.29, 0.717) is 18.0 Å². The number of esters is 1. The summed E-state index contributed by atoms with van der Waals surface area (Å²) in [4.78, 5) is 11.9. The minimum absolute atomic E-state index is 0.254. The third-order valence-electron chi connectivity index (χ3n) is 3.13. The zero-order chi connectivity index (χ0) is 14.5. The first kappa shape index (κ1) is 16.0. The molecule has 0 amide bonds. The molecule has 1 aromatic heterocycles. The summed E-state index contributed by atoms with van der Waals surface area (Å²) in [5.41, 5.74) is 0.0971. The standard InChI is InChI=1S/C13H22ClN3O2/c1-5-7-15-13(3,12(18)19-4)6-8-17-9-11(14)10(2)16-17/h9,15H,5-8H2,1-4H3. The van der Waals surface area contributed by atoms with Gasteiger partial charge in [0.1, 0.15) is 5.54 Å². The topological polar surface area (TPSA) is 56.2 Å². The van der Waals surface area contributed by atoms with Gasteiger partial charge in [0.25, 0.3) is 0 Å². The van der Waals surface area contributed by atoms with Gasteiger partial charge in [-0.25, -0.2) is 0 Å². The first-order valence-electron chi connectivity index (χ1n) is 6.46. The molecule has 0 spiro atoms. The number of rotatable bonds is 7. The molecule has 1 atom stereocenters. The number of aromatic nitrogens is 2. The van der Waals surface area contributed by atoms with Crippen LogP contribution in [0.25, 0.3) is 0 Å². The predicted octanol–water partition coefficient (Wildman–Crippen LogP) is 2.17. The number of aryl methyl sites for hydroxylation is 2. The smallest absolute Gasteiger partial charge is 0.325 e. The number of carbonyl (C=O) groups is 1. The van der Waals surface area contributed by atoms with Crippen molar-refractivity contribution in [2.75, 3.05) is 13.7 Å². The van der Waals surface area contributed by atoms with Gasteiger partial charge in [-0.2, -0.15) is 5.10 Å². The molecule has 0 aliphatic carbocycles. The molecule has 6 heteroatoms. The van der Waals surface area contributed by atoms with Gasteiger partial charge in [0.2, 0.25) is 0 Å². The number of hydrogen-bond donors (Lipinski definition) is 1. The van der Waals surface area contributed by atoms with Crippen molar-refractivity contribution in [3.63, 3.8) is 0 Å². The molecule has 1 rings (SSSR count). The number of nitrogens with zero attached hydrogens (tertiary/aromatic N) is 2. The Balaban J connectivity index is 2.69. The summed E-state index contributed by atoms with van der Waals surface area (Å²) in [7, 11) is 1.41. The van der Waals surface area contributed by atoms with Gasteiger partial charge in [0.15, 0.2) is 0 Å². The predicted molar refractivity (Wildman–Crippen MR) is 75.3 cm³/mol. The van der Waals surface area contributed by atoms with Crippen LogP contribution in [-0.2, 0) is 16.1 Å². The summed E-state index contributed by atoms with van der Waals surface area (Å²) >= 11 is 5.96. The molecule has 0 saturated carbocycles. The fraction of sp³-hybridized carbons (Fsp3) is 0.692. The molecule has 0 fully saturated rings. The lowest BCUT2D eigenvalue weighted by molar-refractivity contribution is -0.148. The average Bonchev–Trinajstić information content (AvgIpc) is 2.72. The minimum Gasteiger partial charge on any atom is -0.468 e. The zero-order valence-corrected chi connectivity index (χ0v) is 12.8. The Morgan fingerprint density at radius 1 is 1.63 bits per heavy atom. The van der Waals surface area contributed by atoms with Crippen molar-refractivity contribution in [1.29, 1.82) is 0 Å². The van der Waals surface area contributed by atoms with Gasteiger partial charge in [-0.05, 0) is 33.2 Å². The maximum absolute atomic E-state index is 11.9. The summed E-state index contributed by atoms with van der Waals surface area (Å²) in [6.07, 6.45) is 3.32. The Hall–Kier alpha value is -1.07. The van der Waals surface area contributed by atoms with Crippen LogP contribution in [0.4, 0.5) is 0 Å². The fourth-order valence-electron chi connectivity index (χ4n) is 1.84. The summed E-state index contributed by atoms with van der Waals surface area (Å²) in [6.45, 7) is 7.14. The van der Waals surface area contributed by atoms with E-state index < -0.39 is 5.54 Å². The van der Waals surface area contributed by atoms with E-state index in [-0.39, 0.29) is 5.97 Å². The first-order chi connectivity index (χ1) is 8.92. The van der Waals surface area contributed by atoms with E-state index in [1.54, 1.807) is 10.9 Å². The molecule has 108 valence electrons. The van der Waals surface area contributed by atoms with Gasteiger partial charge in [0.05, 0.1) is 17.8 Å². The van der Waals surface area contributed by atoms with Crippen molar-refractivity contribution in [3.05, 3.63) is 16.9 Å². The molecular formula is C13H22ClN3O2. The van der Waals surface area contributed by atoms with Crippen molar-refractivity contribution in [1.82, 2.24) is 15.1 Å². The highest BCUT2D eigenvalue weighted by atomic mass is 35.5. The van der Waals surface area contributed by atoms with Crippen molar-refractivity contribution in [2.24, 2.45) is 0 Å².